The lowest BCUT2D eigenvalue weighted by Crippen LogP contribution is -2.31. The zero-order valence-corrected chi connectivity index (χ0v) is 13.9. The highest BCUT2D eigenvalue weighted by Gasteiger charge is 2.20. The Kier molecular flexibility index (Phi) is 3.56. The van der Waals surface area contributed by atoms with E-state index in [1.807, 2.05) is 0 Å². The normalized spacial score (nSPS) is 15.3. The minimum Gasteiger partial charge on any atom is -0.342 e. The summed E-state index contributed by atoms with van der Waals surface area (Å²) in [6.07, 6.45) is 3.85. The minimum absolute atomic E-state index is 1.08. The summed E-state index contributed by atoms with van der Waals surface area (Å²) in [5.41, 5.74) is 6.09. The van der Waals surface area contributed by atoms with Gasteiger partial charge >= 0.3 is 0 Å². The lowest BCUT2D eigenvalue weighted by molar-refractivity contribution is 0.566. The van der Waals surface area contributed by atoms with Crippen molar-refractivity contribution < 1.29 is 0 Å². The number of aryl methyl sites for hydroxylation is 2. The lowest BCUT2D eigenvalue weighted by atomic mass is 10.1. The number of anilines is 1. The second kappa shape index (κ2) is 5.73. The van der Waals surface area contributed by atoms with Crippen LogP contribution in [0.2, 0.25) is 0 Å². The van der Waals surface area contributed by atoms with Crippen molar-refractivity contribution in [2.75, 3.05) is 18.0 Å². The molecule has 1 saturated heterocycles. The van der Waals surface area contributed by atoms with E-state index in [9.17, 15) is 0 Å². The molecule has 4 rings (SSSR count). The number of para-hydroxylation sites is 1. The third-order valence-corrected chi connectivity index (χ3v) is 4.79. The first-order valence-corrected chi connectivity index (χ1v) is 8.54. The topological polar surface area (TPSA) is 21.1 Å². The highest BCUT2D eigenvalue weighted by molar-refractivity contribution is 5.82. The molecular formula is C20H23N3. The number of aromatic nitrogens is 2. The molecule has 0 unspecified atom stereocenters. The van der Waals surface area contributed by atoms with Crippen LogP contribution in [0, 0.1) is 13.8 Å². The number of hydrogen-bond donors (Lipinski definition) is 0. The van der Waals surface area contributed by atoms with Crippen LogP contribution in [0.4, 0.5) is 5.95 Å². The van der Waals surface area contributed by atoms with E-state index in [-0.39, 0.29) is 0 Å². The molecule has 0 N–H and O–H groups in total. The molecule has 1 aliphatic heterocycles. The van der Waals surface area contributed by atoms with Crippen LogP contribution >= 0.6 is 0 Å². The van der Waals surface area contributed by atoms with Gasteiger partial charge in [-0.3, -0.25) is 4.57 Å². The zero-order valence-electron chi connectivity index (χ0n) is 13.9. The van der Waals surface area contributed by atoms with Gasteiger partial charge < -0.3 is 4.90 Å². The van der Waals surface area contributed by atoms with Crippen molar-refractivity contribution in [2.24, 2.45) is 0 Å². The third kappa shape index (κ3) is 2.50. The number of fused-ring (bicyclic) bond motifs is 1. The van der Waals surface area contributed by atoms with Gasteiger partial charge in [0.15, 0.2) is 0 Å². The van der Waals surface area contributed by atoms with Crippen molar-refractivity contribution in [2.45, 2.75) is 33.1 Å². The number of nitrogens with zero attached hydrogens (tertiary/aromatic N) is 3. The smallest absolute Gasteiger partial charge is 0.211 e. The van der Waals surface area contributed by atoms with Gasteiger partial charge in [-0.25, -0.2) is 4.98 Å². The average Bonchev–Trinajstić information content (AvgIpc) is 2.94. The van der Waals surface area contributed by atoms with Crippen LogP contribution in [0.1, 0.15) is 30.4 Å². The Morgan fingerprint density at radius 3 is 2.48 bits per heavy atom. The zero-order chi connectivity index (χ0) is 15.8. The van der Waals surface area contributed by atoms with Gasteiger partial charge in [0.2, 0.25) is 5.95 Å². The number of benzene rings is 2. The fourth-order valence-corrected chi connectivity index (χ4v) is 3.53. The van der Waals surface area contributed by atoms with Gasteiger partial charge in [-0.1, -0.05) is 24.3 Å². The molecule has 1 fully saturated rings. The Morgan fingerprint density at radius 1 is 0.913 bits per heavy atom. The summed E-state index contributed by atoms with van der Waals surface area (Å²) in [7, 11) is 0. The van der Waals surface area contributed by atoms with Crippen molar-refractivity contribution in [3.8, 4) is 5.69 Å². The Hall–Kier alpha value is -2.29. The number of rotatable bonds is 2. The predicted molar refractivity (Wildman–Crippen MR) is 96.6 cm³/mol. The molecule has 3 aromatic rings. The quantitative estimate of drug-likeness (QED) is 0.688. The number of imidazole rings is 1. The second-order valence-corrected chi connectivity index (χ2v) is 6.57. The summed E-state index contributed by atoms with van der Waals surface area (Å²) in [6, 6.07) is 15.1. The van der Waals surface area contributed by atoms with Gasteiger partial charge in [-0.2, -0.15) is 0 Å². The Bertz CT molecular complexity index is 841. The molecular weight excluding hydrogens is 282 g/mol. The van der Waals surface area contributed by atoms with E-state index >= 15 is 0 Å². The molecule has 0 radical (unpaired) electrons. The first-order valence-electron chi connectivity index (χ1n) is 8.54. The predicted octanol–water partition coefficient (Wildman–Crippen LogP) is 4.63. The highest BCUT2D eigenvalue weighted by atomic mass is 15.3. The van der Waals surface area contributed by atoms with Crippen LogP contribution in [0.25, 0.3) is 16.7 Å². The third-order valence-electron chi connectivity index (χ3n) is 4.79. The van der Waals surface area contributed by atoms with E-state index in [0.717, 1.165) is 24.6 Å². The van der Waals surface area contributed by atoms with Crippen LogP contribution in [-0.2, 0) is 0 Å². The second-order valence-electron chi connectivity index (χ2n) is 6.57. The molecule has 118 valence electrons. The van der Waals surface area contributed by atoms with E-state index in [4.69, 9.17) is 4.98 Å². The standard InChI is InChI=1S/C20H23N3/c1-15-10-11-17-19(14-15)23(18-9-5-4-8-16(18)2)20(21-17)22-12-6-3-7-13-22/h4-5,8-11,14H,3,6-7,12-13H2,1-2H3. The molecule has 0 spiro atoms. The maximum absolute atomic E-state index is 4.98. The monoisotopic (exact) mass is 305 g/mol. The Balaban J connectivity index is 1.98. The fourth-order valence-electron chi connectivity index (χ4n) is 3.53. The average molecular weight is 305 g/mol. The van der Waals surface area contributed by atoms with Gasteiger partial charge in [-0.15, -0.1) is 0 Å². The van der Waals surface area contributed by atoms with E-state index < -0.39 is 0 Å². The molecule has 23 heavy (non-hydrogen) atoms. The van der Waals surface area contributed by atoms with Crippen molar-refractivity contribution in [3.05, 3.63) is 53.6 Å². The van der Waals surface area contributed by atoms with E-state index in [1.165, 1.54) is 41.6 Å². The van der Waals surface area contributed by atoms with Gasteiger partial charge in [-0.05, 0) is 62.4 Å². The van der Waals surface area contributed by atoms with Crippen LogP contribution in [0.5, 0.6) is 0 Å². The maximum Gasteiger partial charge on any atom is 0.211 e. The van der Waals surface area contributed by atoms with Crippen molar-refractivity contribution in [1.29, 1.82) is 0 Å². The number of piperidine rings is 1. The van der Waals surface area contributed by atoms with Gasteiger partial charge in [0.25, 0.3) is 0 Å². The molecule has 0 saturated carbocycles. The molecule has 0 atom stereocenters. The summed E-state index contributed by atoms with van der Waals surface area (Å²) in [5, 5.41) is 0. The first kappa shape index (κ1) is 14.3. The van der Waals surface area contributed by atoms with Crippen molar-refractivity contribution in [1.82, 2.24) is 9.55 Å². The molecule has 1 aromatic heterocycles. The molecule has 3 heteroatoms. The summed E-state index contributed by atoms with van der Waals surface area (Å²) in [5.74, 6) is 1.10. The van der Waals surface area contributed by atoms with E-state index in [0.29, 0.717) is 0 Å². The molecule has 2 heterocycles. The molecule has 3 nitrogen and oxygen atoms in total. The molecule has 0 bridgehead atoms. The van der Waals surface area contributed by atoms with Crippen LogP contribution in [0.3, 0.4) is 0 Å². The summed E-state index contributed by atoms with van der Waals surface area (Å²) < 4.78 is 2.35. The maximum atomic E-state index is 4.98. The van der Waals surface area contributed by atoms with Crippen LogP contribution in [-0.4, -0.2) is 22.6 Å². The Labute approximate surface area is 137 Å². The summed E-state index contributed by atoms with van der Waals surface area (Å²) in [4.78, 5) is 7.43. The fraction of sp³-hybridized carbons (Fsp3) is 0.350. The largest absolute Gasteiger partial charge is 0.342 e. The van der Waals surface area contributed by atoms with Gasteiger partial charge in [0.05, 0.1) is 16.7 Å². The van der Waals surface area contributed by atoms with E-state index in [1.54, 1.807) is 0 Å². The number of hydrogen-bond acceptors (Lipinski definition) is 2. The summed E-state index contributed by atoms with van der Waals surface area (Å²) in [6.45, 7) is 6.54. The van der Waals surface area contributed by atoms with Crippen LogP contribution < -0.4 is 4.90 Å². The first-order chi connectivity index (χ1) is 11.2. The van der Waals surface area contributed by atoms with Gasteiger partial charge in [0.1, 0.15) is 0 Å². The van der Waals surface area contributed by atoms with Crippen molar-refractivity contribution in [3.63, 3.8) is 0 Å². The van der Waals surface area contributed by atoms with Crippen LogP contribution in [0.15, 0.2) is 42.5 Å². The molecule has 0 aliphatic carbocycles. The van der Waals surface area contributed by atoms with Gasteiger partial charge in [0, 0.05) is 13.1 Å². The molecule has 1 aliphatic rings. The minimum atomic E-state index is 1.08. The van der Waals surface area contributed by atoms with E-state index in [2.05, 4.69) is 65.8 Å². The highest BCUT2D eigenvalue weighted by Crippen LogP contribution is 2.30. The van der Waals surface area contributed by atoms with Crippen molar-refractivity contribution >= 4 is 17.0 Å². The summed E-state index contributed by atoms with van der Waals surface area (Å²) >= 11 is 0. The lowest BCUT2D eigenvalue weighted by Gasteiger charge is -2.28. The molecule has 2 aromatic carbocycles. The SMILES string of the molecule is Cc1ccc2nc(N3CCCCC3)n(-c3ccccc3C)c2c1. The Morgan fingerprint density at radius 2 is 1.70 bits per heavy atom. The molecule has 0 amide bonds.